The van der Waals surface area contributed by atoms with E-state index in [2.05, 4.69) is 15.7 Å². The molecule has 0 aliphatic carbocycles. The Kier molecular flexibility index (Phi) is 6.52. The summed E-state index contributed by atoms with van der Waals surface area (Å²) < 4.78 is 4.87. The van der Waals surface area contributed by atoms with Crippen molar-refractivity contribution in [1.82, 2.24) is 10.7 Å². The van der Waals surface area contributed by atoms with Gasteiger partial charge in [-0.25, -0.2) is 10.8 Å². The second-order valence-electron chi connectivity index (χ2n) is 4.21. The summed E-state index contributed by atoms with van der Waals surface area (Å²) in [6.07, 6.45) is 0. The number of nitrogens with zero attached hydrogens (tertiary/aromatic N) is 1. The molecule has 0 radical (unpaired) electrons. The van der Waals surface area contributed by atoms with Gasteiger partial charge in [0, 0.05) is 7.11 Å². The minimum absolute atomic E-state index is 0.000903. The molecule has 0 saturated heterocycles. The lowest BCUT2D eigenvalue weighted by atomic mass is 9.88. The normalized spacial score (nSPS) is 15.5. The molecule has 6 N–H and O–H groups in total. The lowest BCUT2D eigenvalue weighted by Gasteiger charge is -2.32. The van der Waals surface area contributed by atoms with E-state index in [1.807, 2.05) is 13.8 Å². The Balaban J connectivity index is 4.72. The number of amides is 1. The molecule has 7 heteroatoms. The zero-order chi connectivity index (χ0) is 13.5. The predicted molar refractivity (Wildman–Crippen MR) is 67.1 cm³/mol. The lowest BCUT2D eigenvalue weighted by Crippen LogP contribution is -2.62. The summed E-state index contributed by atoms with van der Waals surface area (Å²) >= 11 is 0. The second-order valence-corrected chi connectivity index (χ2v) is 4.21. The van der Waals surface area contributed by atoms with Gasteiger partial charge in [-0.3, -0.25) is 10.2 Å². The SMILES string of the molecule is COCCN=C(NN)NC(C)(C(N)=O)C(C)C. The first-order valence-corrected chi connectivity index (χ1v) is 5.46. The Morgan fingerprint density at radius 3 is 2.47 bits per heavy atom. The average molecular weight is 245 g/mol. The molecule has 0 spiro atoms. The molecular formula is C10H23N5O2. The summed E-state index contributed by atoms with van der Waals surface area (Å²) in [6, 6.07) is 0. The number of nitrogens with two attached hydrogens (primary N) is 2. The number of ether oxygens (including phenoxy) is 1. The van der Waals surface area contributed by atoms with Gasteiger partial charge in [0.25, 0.3) is 0 Å². The van der Waals surface area contributed by atoms with Gasteiger partial charge in [0.05, 0.1) is 13.2 Å². The van der Waals surface area contributed by atoms with Gasteiger partial charge < -0.3 is 15.8 Å². The van der Waals surface area contributed by atoms with Gasteiger partial charge in [-0.2, -0.15) is 0 Å². The van der Waals surface area contributed by atoms with Crippen LogP contribution in [0.5, 0.6) is 0 Å². The fourth-order valence-corrected chi connectivity index (χ4v) is 1.11. The van der Waals surface area contributed by atoms with E-state index in [4.69, 9.17) is 16.3 Å². The van der Waals surface area contributed by atoms with Crippen molar-refractivity contribution in [3.63, 3.8) is 0 Å². The van der Waals surface area contributed by atoms with Crippen molar-refractivity contribution in [3.8, 4) is 0 Å². The topological polar surface area (TPSA) is 115 Å². The molecule has 7 nitrogen and oxygen atoms in total. The highest BCUT2D eigenvalue weighted by Crippen LogP contribution is 2.15. The van der Waals surface area contributed by atoms with Crippen LogP contribution in [0.3, 0.4) is 0 Å². The first-order chi connectivity index (χ1) is 7.88. The fraction of sp³-hybridized carbons (Fsp3) is 0.800. The number of nitrogens with one attached hydrogen (secondary N) is 2. The van der Waals surface area contributed by atoms with Gasteiger partial charge in [-0.05, 0) is 12.8 Å². The van der Waals surface area contributed by atoms with Crippen LogP contribution in [0.15, 0.2) is 4.99 Å². The molecule has 0 rings (SSSR count). The van der Waals surface area contributed by atoms with Crippen molar-refractivity contribution in [2.45, 2.75) is 26.3 Å². The van der Waals surface area contributed by atoms with Crippen molar-refractivity contribution >= 4 is 11.9 Å². The van der Waals surface area contributed by atoms with Crippen LogP contribution in [0.25, 0.3) is 0 Å². The zero-order valence-corrected chi connectivity index (χ0v) is 10.9. The molecule has 1 atom stereocenters. The van der Waals surface area contributed by atoms with Gasteiger partial charge in [0.15, 0.2) is 0 Å². The number of carbonyl (C=O) groups excluding carboxylic acids is 1. The summed E-state index contributed by atoms with van der Waals surface area (Å²) in [4.78, 5) is 15.6. The molecule has 0 bridgehead atoms. The highest BCUT2D eigenvalue weighted by molar-refractivity contribution is 5.91. The first-order valence-electron chi connectivity index (χ1n) is 5.46. The standard InChI is InChI=1S/C10H23N5O2/c1-7(2)10(3,8(11)16)14-9(15-12)13-5-6-17-4/h7H,5-6,12H2,1-4H3,(H2,11,16)(H2,13,14,15). The van der Waals surface area contributed by atoms with E-state index in [-0.39, 0.29) is 5.92 Å². The maximum absolute atomic E-state index is 11.5. The number of guanidine groups is 1. The fourth-order valence-electron chi connectivity index (χ4n) is 1.11. The van der Waals surface area contributed by atoms with E-state index in [1.54, 1.807) is 14.0 Å². The number of hydrogen-bond donors (Lipinski definition) is 4. The molecule has 0 aromatic heterocycles. The molecule has 17 heavy (non-hydrogen) atoms. The summed E-state index contributed by atoms with van der Waals surface area (Å²) in [5.41, 5.74) is 6.88. The number of hydrogen-bond acceptors (Lipinski definition) is 4. The number of aliphatic imine (C=N–C) groups is 1. The van der Waals surface area contributed by atoms with E-state index in [0.717, 1.165) is 0 Å². The van der Waals surface area contributed by atoms with Crippen LogP contribution in [0.4, 0.5) is 0 Å². The third kappa shape index (κ3) is 4.58. The van der Waals surface area contributed by atoms with Crippen molar-refractivity contribution in [1.29, 1.82) is 0 Å². The summed E-state index contributed by atoms with van der Waals surface area (Å²) in [5.74, 6) is 5.19. The van der Waals surface area contributed by atoms with Crippen molar-refractivity contribution in [2.75, 3.05) is 20.3 Å². The number of methoxy groups -OCH3 is 1. The molecule has 0 saturated carbocycles. The summed E-state index contributed by atoms with van der Waals surface area (Å²) in [6.45, 7) is 6.41. The molecule has 0 aromatic carbocycles. The van der Waals surface area contributed by atoms with E-state index in [1.165, 1.54) is 0 Å². The number of hydrazine groups is 1. The quantitative estimate of drug-likeness (QED) is 0.157. The van der Waals surface area contributed by atoms with Gasteiger partial charge in [0.2, 0.25) is 11.9 Å². The monoisotopic (exact) mass is 245 g/mol. The van der Waals surface area contributed by atoms with Crippen LogP contribution in [-0.2, 0) is 9.53 Å². The van der Waals surface area contributed by atoms with Crippen LogP contribution < -0.4 is 22.3 Å². The minimum Gasteiger partial charge on any atom is -0.383 e. The molecular weight excluding hydrogens is 222 g/mol. The largest absolute Gasteiger partial charge is 0.383 e. The lowest BCUT2D eigenvalue weighted by molar-refractivity contribution is -0.124. The highest BCUT2D eigenvalue weighted by Gasteiger charge is 2.35. The van der Waals surface area contributed by atoms with Crippen LogP contribution >= 0.6 is 0 Å². The van der Waals surface area contributed by atoms with Gasteiger partial charge in [-0.1, -0.05) is 13.8 Å². The third-order valence-corrected chi connectivity index (χ3v) is 2.75. The molecule has 1 amide bonds. The van der Waals surface area contributed by atoms with Crippen molar-refractivity contribution in [2.24, 2.45) is 22.5 Å². The highest BCUT2D eigenvalue weighted by atomic mass is 16.5. The molecule has 1 unspecified atom stereocenters. The van der Waals surface area contributed by atoms with E-state index in [0.29, 0.717) is 19.1 Å². The summed E-state index contributed by atoms with van der Waals surface area (Å²) in [7, 11) is 1.58. The summed E-state index contributed by atoms with van der Waals surface area (Å²) in [5, 5.41) is 2.92. The smallest absolute Gasteiger partial charge is 0.243 e. The van der Waals surface area contributed by atoms with Crippen LogP contribution in [0.1, 0.15) is 20.8 Å². The molecule has 0 aromatic rings. The minimum atomic E-state index is -0.904. The molecule has 100 valence electrons. The number of carbonyl (C=O) groups is 1. The average Bonchev–Trinajstić information content (AvgIpc) is 2.27. The van der Waals surface area contributed by atoms with Crippen molar-refractivity contribution < 1.29 is 9.53 Å². The Bertz CT molecular complexity index is 280. The Morgan fingerprint density at radius 2 is 2.12 bits per heavy atom. The van der Waals surface area contributed by atoms with Gasteiger partial charge in [-0.15, -0.1) is 0 Å². The number of rotatable bonds is 6. The van der Waals surface area contributed by atoms with E-state index in [9.17, 15) is 4.79 Å². The Labute approximate surface area is 102 Å². The third-order valence-electron chi connectivity index (χ3n) is 2.75. The Morgan fingerprint density at radius 1 is 1.53 bits per heavy atom. The second kappa shape index (κ2) is 7.08. The molecule has 0 fully saturated rings. The van der Waals surface area contributed by atoms with Gasteiger partial charge in [0.1, 0.15) is 5.54 Å². The molecule has 0 heterocycles. The van der Waals surface area contributed by atoms with Crippen molar-refractivity contribution in [3.05, 3.63) is 0 Å². The Hall–Kier alpha value is -1.34. The maximum atomic E-state index is 11.5. The predicted octanol–water partition coefficient (Wildman–Crippen LogP) is -1.06. The van der Waals surface area contributed by atoms with Crippen LogP contribution in [0, 0.1) is 5.92 Å². The van der Waals surface area contributed by atoms with Crippen LogP contribution in [0.2, 0.25) is 0 Å². The van der Waals surface area contributed by atoms with Gasteiger partial charge >= 0.3 is 0 Å². The first kappa shape index (κ1) is 15.7. The van der Waals surface area contributed by atoms with E-state index < -0.39 is 11.4 Å². The maximum Gasteiger partial charge on any atom is 0.243 e. The number of primary amides is 1. The zero-order valence-electron chi connectivity index (χ0n) is 10.9. The van der Waals surface area contributed by atoms with E-state index >= 15 is 0 Å². The molecule has 0 aliphatic rings. The molecule has 0 aliphatic heterocycles. The van der Waals surface area contributed by atoms with Crippen LogP contribution in [-0.4, -0.2) is 37.7 Å².